The van der Waals surface area contributed by atoms with Crippen LogP contribution in [0, 0.1) is 0 Å². The molecule has 32 heavy (non-hydrogen) atoms. The summed E-state index contributed by atoms with van der Waals surface area (Å²) >= 11 is 0. The number of amides is 3. The number of rotatable bonds is 8. The average molecular weight is 469 g/mol. The molecular formula is C21H32N4O6S. The summed E-state index contributed by atoms with van der Waals surface area (Å²) in [5.41, 5.74) is 0.262. The molecule has 10 nitrogen and oxygen atoms in total. The Balaban J connectivity index is 1.55. The second-order valence-electron chi connectivity index (χ2n) is 7.91. The molecule has 0 unspecified atom stereocenters. The molecule has 1 aliphatic carbocycles. The maximum absolute atomic E-state index is 12.9. The van der Waals surface area contributed by atoms with Gasteiger partial charge in [0.15, 0.2) is 0 Å². The van der Waals surface area contributed by atoms with Crippen molar-refractivity contribution in [1.82, 2.24) is 14.9 Å². The molecule has 0 radical (unpaired) electrons. The number of carbonyl (C=O) groups is 2. The predicted octanol–water partition coefficient (Wildman–Crippen LogP) is 1.68. The molecule has 2 fully saturated rings. The summed E-state index contributed by atoms with van der Waals surface area (Å²) in [6.45, 7) is 1.42. The maximum atomic E-state index is 12.9. The van der Waals surface area contributed by atoms with Gasteiger partial charge in [-0.15, -0.1) is 0 Å². The SMILES string of the molecule is COc1ccc(S(=O)(=O)N2CCOCC2)cc1NC(=O)CCNC(=O)NC1CCCCC1. The molecule has 1 aliphatic heterocycles. The highest BCUT2D eigenvalue weighted by Crippen LogP contribution is 2.29. The number of nitrogens with one attached hydrogen (secondary N) is 3. The van der Waals surface area contributed by atoms with Crippen molar-refractivity contribution in [2.24, 2.45) is 0 Å². The summed E-state index contributed by atoms with van der Waals surface area (Å²) in [5, 5.41) is 8.32. The number of sulfonamides is 1. The molecule has 3 N–H and O–H groups in total. The van der Waals surface area contributed by atoms with Crippen LogP contribution in [0.3, 0.4) is 0 Å². The van der Waals surface area contributed by atoms with Gasteiger partial charge in [-0.3, -0.25) is 4.79 Å². The normalized spacial score (nSPS) is 18.0. The van der Waals surface area contributed by atoms with Crippen LogP contribution in [0.1, 0.15) is 38.5 Å². The van der Waals surface area contributed by atoms with Crippen molar-refractivity contribution in [3.63, 3.8) is 0 Å². The van der Waals surface area contributed by atoms with Crippen molar-refractivity contribution in [2.75, 3.05) is 45.3 Å². The quantitative estimate of drug-likeness (QED) is 0.533. The van der Waals surface area contributed by atoms with Gasteiger partial charge >= 0.3 is 6.03 Å². The Hall–Kier alpha value is -2.37. The van der Waals surface area contributed by atoms with Gasteiger partial charge in [0.2, 0.25) is 15.9 Å². The second kappa shape index (κ2) is 11.5. The van der Waals surface area contributed by atoms with Crippen LogP contribution < -0.4 is 20.7 Å². The summed E-state index contributed by atoms with van der Waals surface area (Å²) in [6, 6.07) is 4.28. The molecule has 1 aromatic rings. The molecule has 1 heterocycles. The van der Waals surface area contributed by atoms with Crippen LogP contribution in [0.5, 0.6) is 5.75 Å². The summed E-state index contributed by atoms with van der Waals surface area (Å²) in [4.78, 5) is 24.5. The number of anilines is 1. The smallest absolute Gasteiger partial charge is 0.315 e. The van der Waals surface area contributed by atoms with E-state index in [1.807, 2.05) is 0 Å². The highest BCUT2D eigenvalue weighted by Gasteiger charge is 2.27. The highest BCUT2D eigenvalue weighted by atomic mass is 32.2. The van der Waals surface area contributed by atoms with Crippen LogP contribution in [0.4, 0.5) is 10.5 Å². The van der Waals surface area contributed by atoms with Gasteiger partial charge in [-0.25, -0.2) is 13.2 Å². The number of methoxy groups -OCH3 is 1. The molecule has 2 aliphatic rings. The number of nitrogens with zero attached hydrogens (tertiary/aromatic N) is 1. The van der Waals surface area contributed by atoms with Crippen molar-refractivity contribution in [3.8, 4) is 5.75 Å². The molecular weight excluding hydrogens is 436 g/mol. The summed E-state index contributed by atoms with van der Waals surface area (Å²) in [6.07, 6.45) is 5.46. The lowest BCUT2D eigenvalue weighted by Gasteiger charge is -2.26. The van der Waals surface area contributed by atoms with Crippen LogP contribution in [0.25, 0.3) is 0 Å². The molecule has 0 atom stereocenters. The van der Waals surface area contributed by atoms with E-state index in [1.54, 1.807) is 0 Å². The Bertz CT molecular complexity index is 896. The van der Waals surface area contributed by atoms with Crippen LogP contribution in [-0.4, -0.2) is 70.7 Å². The van der Waals surface area contributed by atoms with Crippen LogP contribution in [-0.2, 0) is 19.6 Å². The van der Waals surface area contributed by atoms with E-state index in [0.717, 1.165) is 25.7 Å². The zero-order valence-corrected chi connectivity index (χ0v) is 19.2. The van der Waals surface area contributed by atoms with Gasteiger partial charge in [0.05, 0.1) is 30.9 Å². The molecule has 1 saturated carbocycles. The van der Waals surface area contributed by atoms with Crippen LogP contribution in [0.15, 0.2) is 23.1 Å². The van der Waals surface area contributed by atoms with E-state index in [4.69, 9.17) is 9.47 Å². The summed E-state index contributed by atoms with van der Waals surface area (Å²) in [7, 11) is -2.26. The van der Waals surface area contributed by atoms with Gasteiger partial charge in [-0.05, 0) is 31.0 Å². The minimum Gasteiger partial charge on any atom is -0.495 e. The van der Waals surface area contributed by atoms with E-state index in [1.165, 1.54) is 36.0 Å². The fourth-order valence-electron chi connectivity index (χ4n) is 3.87. The molecule has 0 spiro atoms. The zero-order chi connectivity index (χ0) is 23.0. The van der Waals surface area contributed by atoms with E-state index in [-0.39, 0.29) is 54.6 Å². The minimum atomic E-state index is -3.71. The van der Waals surface area contributed by atoms with Gasteiger partial charge in [-0.1, -0.05) is 19.3 Å². The Labute approximate surface area is 189 Å². The minimum absolute atomic E-state index is 0.0433. The number of hydrogen-bond acceptors (Lipinski definition) is 6. The third-order valence-corrected chi connectivity index (χ3v) is 7.53. The lowest BCUT2D eigenvalue weighted by molar-refractivity contribution is -0.116. The van der Waals surface area contributed by atoms with Crippen molar-refractivity contribution in [2.45, 2.75) is 49.5 Å². The van der Waals surface area contributed by atoms with E-state index in [0.29, 0.717) is 19.0 Å². The highest BCUT2D eigenvalue weighted by molar-refractivity contribution is 7.89. The van der Waals surface area contributed by atoms with E-state index in [9.17, 15) is 18.0 Å². The Morgan fingerprint density at radius 3 is 2.56 bits per heavy atom. The van der Waals surface area contributed by atoms with E-state index in [2.05, 4.69) is 16.0 Å². The molecule has 178 valence electrons. The van der Waals surface area contributed by atoms with E-state index < -0.39 is 10.0 Å². The third kappa shape index (κ3) is 6.57. The molecule has 3 amide bonds. The lowest BCUT2D eigenvalue weighted by Crippen LogP contribution is -2.43. The zero-order valence-electron chi connectivity index (χ0n) is 18.4. The number of urea groups is 1. The number of hydrogen-bond donors (Lipinski definition) is 3. The molecule has 1 aromatic carbocycles. The standard InChI is InChI=1S/C21H32N4O6S/c1-30-19-8-7-17(32(28,29)25-11-13-31-14-12-25)15-18(19)24-20(26)9-10-22-21(27)23-16-5-3-2-4-6-16/h7-8,15-16H,2-6,9-14H2,1H3,(H,24,26)(H2,22,23,27). The Kier molecular flexibility index (Phi) is 8.71. The molecule has 1 saturated heterocycles. The predicted molar refractivity (Wildman–Crippen MR) is 119 cm³/mol. The van der Waals surface area contributed by atoms with Crippen LogP contribution >= 0.6 is 0 Å². The van der Waals surface area contributed by atoms with Crippen LogP contribution in [0.2, 0.25) is 0 Å². The van der Waals surface area contributed by atoms with Crippen molar-refractivity contribution >= 4 is 27.6 Å². The van der Waals surface area contributed by atoms with Gasteiger partial charge < -0.3 is 25.4 Å². The number of morpholine rings is 1. The monoisotopic (exact) mass is 468 g/mol. The lowest BCUT2D eigenvalue weighted by atomic mass is 9.96. The summed E-state index contributed by atoms with van der Waals surface area (Å²) in [5.74, 6) is -0.00975. The first-order valence-electron chi connectivity index (χ1n) is 11.0. The van der Waals surface area contributed by atoms with Crippen molar-refractivity contribution < 1.29 is 27.5 Å². The van der Waals surface area contributed by atoms with E-state index >= 15 is 0 Å². The van der Waals surface area contributed by atoms with Crippen molar-refractivity contribution in [1.29, 1.82) is 0 Å². The van der Waals surface area contributed by atoms with Gasteiger partial charge in [0.1, 0.15) is 5.75 Å². The average Bonchev–Trinajstić information content (AvgIpc) is 2.80. The van der Waals surface area contributed by atoms with Gasteiger partial charge in [0, 0.05) is 32.1 Å². The first kappa shape index (κ1) is 24.3. The summed E-state index contributed by atoms with van der Waals surface area (Å²) < 4.78 is 37.6. The molecule has 0 aromatic heterocycles. The Morgan fingerprint density at radius 2 is 1.88 bits per heavy atom. The molecule has 11 heteroatoms. The topological polar surface area (TPSA) is 126 Å². The molecule has 0 bridgehead atoms. The fraction of sp³-hybridized carbons (Fsp3) is 0.619. The first-order chi connectivity index (χ1) is 15.4. The number of carbonyl (C=O) groups excluding carboxylic acids is 2. The van der Waals surface area contributed by atoms with Gasteiger partial charge in [-0.2, -0.15) is 4.31 Å². The van der Waals surface area contributed by atoms with Crippen molar-refractivity contribution in [3.05, 3.63) is 18.2 Å². The second-order valence-corrected chi connectivity index (χ2v) is 9.85. The van der Waals surface area contributed by atoms with Gasteiger partial charge in [0.25, 0.3) is 0 Å². The third-order valence-electron chi connectivity index (χ3n) is 5.63. The Morgan fingerprint density at radius 1 is 1.16 bits per heavy atom. The number of ether oxygens (including phenoxy) is 2. The first-order valence-corrected chi connectivity index (χ1v) is 12.4. The number of benzene rings is 1. The largest absolute Gasteiger partial charge is 0.495 e. The maximum Gasteiger partial charge on any atom is 0.315 e. The molecule has 3 rings (SSSR count). The fourth-order valence-corrected chi connectivity index (χ4v) is 5.30.